The highest BCUT2D eigenvalue weighted by Gasteiger charge is 2.40. The van der Waals surface area contributed by atoms with E-state index in [9.17, 15) is 18.0 Å². The number of hydrogen-bond acceptors (Lipinski definition) is 8. The Morgan fingerprint density at radius 3 is 2.75 bits per heavy atom. The van der Waals surface area contributed by atoms with Gasteiger partial charge in [0.1, 0.15) is 4.88 Å². The van der Waals surface area contributed by atoms with Gasteiger partial charge in [-0.25, -0.2) is 9.78 Å². The number of carboxylic acid groups (broad SMARTS) is 1. The summed E-state index contributed by atoms with van der Waals surface area (Å²) in [5, 5.41) is 19.5. The van der Waals surface area contributed by atoms with Crippen LogP contribution in [0, 0.1) is 0 Å². The second kappa shape index (κ2) is 8.59. The standard InChI is InChI=1S/C15H13F3N4O3S3/c1-25-6-3-5-22-11(8-4-2-7-26-8)20-21-13(22)28-14-19-10(15(16,17)18)9(27-14)12(23)24/h2,4,7H,3,5-6H2,1H3,(H,23,24). The molecule has 7 nitrogen and oxygen atoms in total. The van der Waals surface area contributed by atoms with Gasteiger partial charge in [0.05, 0.1) is 4.88 Å². The zero-order valence-corrected chi connectivity index (χ0v) is 16.7. The summed E-state index contributed by atoms with van der Waals surface area (Å²) >= 11 is 2.78. The van der Waals surface area contributed by atoms with Gasteiger partial charge in [-0.1, -0.05) is 17.4 Å². The maximum Gasteiger partial charge on any atom is 0.435 e. The normalized spacial score (nSPS) is 11.9. The van der Waals surface area contributed by atoms with Crippen LogP contribution in [0.25, 0.3) is 10.7 Å². The van der Waals surface area contributed by atoms with E-state index < -0.39 is 22.7 Å². The first-order valence-corrected chi connectivity index (χ1v) is 10.3. The van der Waals surface area contributed by atoms with Crippen molar-refractivity contribution in [3.63, 3.8) is 0 Å². The van der Waals surface area contributed by atoms with Gasteiger partial charge in [-0.15, -0.1) is 21.5 Å². The molecule has 3 aromatic rings. The number of hydrogen-bond donors (Lipinski definition) is 1. The van der Waals surface area contributed by atoms with Crippen LogP contribution in [0.4, 0.5) is 13.2 Å². The molecule has 0 atom stereocenters. The van der Waals surface area contributed by atoms with E-state index in [2.05, 4.69) is 15.2 Å². The highest BCUT2D eigenvalue weighted by atomic mass is 32.2. The molecule has 0 radical (unpaired) electrons. The fraction of sp³-hybridized carbons (Fsp3) is 0.333. The zero-order valence-electron chi connectivity index (χ0n) is 14.3. The summed E-state index contributed by atoms with van der Waals surface area (Å²) in [6, 6.07) is 3.72. The number of methoxy groups -OCH3 is 1. The molecule has 1 N–H and O–H groups in total. The number of carboxylic acids is 1. The Bertz CT molecular complexity index is 954. The number of carbonyl (C=O) groups is 1. The molecular weight excluding hydrogens is 437 g/mol. The average Bonchev–Trinajstić information content (AvgIpc) is 3.34. The molecule has 0 aromatic carbocycles. The van der Waals surface area contributed by atoms with Crippen LogP contribution in [0.3, 0.4) is 0 Å². The first-order chi connectivity index (χ1) is 13.3. The summed E-state index contributed by atoms with van der Waals surface area (Å²) in [5.74, 6) is -1.09. The van der Waals surface area contributed by atoms with Crippen LogP contribution in [-0.4, -0.2) is 44.5 Å². The van der Waals surface area contributed by atoms with Crippen LogP contribution in [0.2, 0.25) is 0 Å². The van der Waals surface area contributed by atoms with Crippen LogP contribution in [-0.2, 0) is 17.5 Å². The molecule has 0 spiro atoms. The lowest BCUT2D eigenvalue weighted by atomic mass is 10.3. The molecule has 0 bridgehead atoms. The third-order valence-electron chi connectivity index (χ3n) is 3.44. The highest BCUT2D eigenvalue weighted by Crippen LogP contribution is 2.40. The molecule has 0 unspecified atom stereocenters. The molecule has 150 valence electrons. The Kier molecular flexibility index (Phi) is 6.37. The number of aromatic nitrogens is 4. The number of thiophene rings is 1. The summed E-state index contributed by atoms with van der Waals surface area (Å²) in [7, 11) is 1.57. The van der Waals surface area contributed by atoms with E-state index in [0.29, 0.717) is 41.9 Å². The third-order valence-corrected chi connectivity index (χ3v) is 6.39. The van der Waals surface area contributed by atoms with Gasteiger partial charge < -0.3 is 14.4 Å². The minimum atomic E-state index is -4.85. The third kappa shape index (κ3) is 4.54. The van der Waals surface area contributed by atoms with Crippen molar-refractivity contribution in [2.24, 2.45) is 0 Å². The monoisotopic (exact) mass is 450 g/mol. The fourth-order valence-electron chi connectivity index (χ4n) is 2.28. The molecule has 0 aliphatic heterocycles. The lowest BCUT2D eigenvalue weighted by Gasteiger charge is -2.08. The van der Waals surface area contributed by atoms with Crippen molar-refractivity contribution in [2.45, 2.75) is 28.6 Å². The molecule has 28 heavy (non-hydrogen) atoms. The van der Waals surface area contributed by atoms with Gasteiger partial charge in [-0.05, 0) is 29.6 Å². The molecule has 0 fully saturated rings. The Hall–Kier alpha value is -1.96. The van der Waals surface area contributed by atoms with Gasteiger partial charge in [0.25, 0.3) is 0 Å². The first-order valence-electron chi connectivity index (χ1n) is 7.76. The van der Waals surface area contributed by atoms with Gasteiger partial charge >= 0.3 is 12.1 Å². The van der Waals surface area contributed by atoms with E-state index >= 15 is 0 Å². The topological polar surface area (TPSA) is 90.1 Å². The van der Waals surface area contributed by atoms with Crippen LogP contribution >= 0.6 is 34.4 Å². The molecule has 0 amide bonds. The Balaban J connectivity index is 1.95. The van der Waals surface area contributed by atoms with Gasteiger partial charge in [-0.2, -0.15) is 13.2 Å². The largest absolute Gasteiger partial charge is 0.477 e. The molecule has 3 aromatic heterocycles. The highest BCUT2D eigenvalue weighted by molar-refractivity contribution is 8.00. The number of nitrogens with zero attached hydrogens (tertiary/aromatic N) is 4. The maximum absolute atomic E-state index is 13.1. The Morgan fingerprint density at radius 2 is 2.18 bits per heavy atom. The lowest BCUT2D eigenvalue weighted by Crippen LogP contribution is -2.11. The summed E-state index contributed by atoms with van der Waals surface area (Å²) in [4.78, 5) is 14.6. The van der Waals surface area contributed by atoms with Gasteiger partial charge in [-0.3, -0.25) is 0 Å². The van der Waals surface area contributed by atoms with Gasteiger partial charge in [0, 0.05) is 20.3 Å². The summed E-state index contributed by atoms with van der Waals surface area (Å²) in [5.41, 5.74) is -1.41. The molecular formula is C15H13F3N4O3S3. The maximum atomic E-state index is 13.1. The molecule has 0 saturated carbocycles. The van der Waals surface area contributed by atoms with E-state index in [1.54, 1.807) is 11.7 Å². The second-order valence-corrected chi connectivity index (χ2v) is 8.51. The lowest BCUT2D eigenvalue weighted by molar-refractivity contribution is -0.141. The number of aromatic carboxylic acids is 1. The fourth-order valence-corrected chi connectivity index (χ4v) is 4.96. The molecule has 0 aliphatic carbocycles. The van der Waals surface area contributed by atoms with Crippen molar-refractivity contribution < 1.29 is 27.8 Å². The van der Waals surface area contributed by atoms with E-state index in [1.807, 2.05) is 17.5 Å². The van der Waals surface area contributed by atoms with Gasteiger partial charge in [0.2, 0.25) is 0 Å². The molecule has 3 heterocycles. The van der Waals surface area contributed by atoms with E-state index in [-0.39, 0.29) is 4.34 Å². The molecule has 3 rings (SSSR count). The van der Waals surface area contributed by atoms with Crippen LogP contribution in [0.15, 0.2) is 27.0 Å². The quantitative estimate of drug-likeness (QED) is 0.510. The minimum absolute atomic E-state index is 0.0668. The zero-order chi connectivity index (χ0) is 20.3. The van der Waals surface area contributed by atoms with Crippen molar-refractivity contribution in [1.29, 1.82) is 0 Å². The molecule has 0 aliphatic rings. The number of alkyl halides is 3. The number of thiazole rings is 1. The van der Waals surface area contributed by atoms with Crippen molar-refractivity contribution in [3.05, 3.63) is 28.1 Å². The van der Waals surface area contributed by atoms with E-state index in [0.717, 1.165) is 16.6 Å². The van der Waals surface area contributed by atoms with Crippen LogP contribution in [0.5, 0.6) is 0 Å². The summed E-state index contributed by atoms with van der Waals surface area (Å²) in [6.07, 6.45) is -4.20. The SMILES string of the molecule is COCCCn1c(Sc2nc(C(F)(F)F)c(C(=O)O)s2)nnc1-c1cccs1. The predicted octanol–water partition coefficient (Wildman–Crippen LogP) is 4.37. The van der Waals surface area contributed by atoms with Crippen LogP contribution in [0.1, 0.15) is 21.8 Å². The summed E-state index contributed by atoms with van der Waals surface area (Å²) in [6.45, 7) is 0.977. The minimum Gasteiger partial charge on any atom is -0.477 e. The summed E-state index contributed by atoms with van der Waals surface area (Å²) < 4.78 is 45.9. The number of ether oxygens (including phenoxy) is 1. The van der Waals surface area contributed by atoms with Gasteiger partial charge in [0.15, 0.2) is 21.0 Å². The first kappa shape index (κ1) is 20.8. The average molecular weight is 450 g/mol. The Morgan fingerprint density at radius 1 is 1.39 bits per heavy atom. The molecule has 13 heteroatoms. The van der Waals surface area contributed by atoms with Crippen molar-refractivity contribution in [2.75, 3.05) is 13.7 Å². The predicted molar refractivity (Wildman–Crippen MR) is 98.0 cm³/mol. The van der Waals surface area contributed by atoms with Crippen molar-refractivity contribution in [1.82, 2.24) is 19.7 Å². The smallest absolute Gasteiger partial charge is 0.435 e. The van der Waals surface area contributed by atoms with E-state index in [4.69, 9.17) is 9.84 Å². The molecule has 0 saturated heterocycles. The van der Waals surface area contributed by atoms with Crippen molar-refractivity contribution in [3.8, 4) is 10.7 Å². The number of rotatable bonds is 8. The number of halogens is 3. The second-order valence-electron chi connectivity index (χ2n) is 5.34. The Labute approximate surface area is 169 Å². The van der Waals surface area contributed by atoms with Crippen LogP contribution < -0.4 is 0 Å². The van der Waals surface area contributed by atoms with E-state index in [1.165, 1.54) is 11.3 Å². The van der Waals surface area contributed by atoms with Crippen molar-refractivity contribution >= 4 is 40.4 Å².